The molecule has 0 radical (unpaired) electrons. The molecule has 0 spiro atoms. The van der Waals surface area contributed by atoms with Crippen LogP contribution in [0.3, 0.4) is 0 Å². The maximum atomic E-state index is 14.5. The first-order valence-electron chi connectivity index (χ1n) is 13.7. The molecule has 4 aromatic rings. The van der Waals surface area contributed by atoms with Gasteiger partial charge < -0.3 is 9.47 Å². The summed E-state index contributed by atoms with van der Waals surface area (Å²) >= 11 is 0. The van der Waals surface area contributed by atoms with Crippen molar-refractivity contribution < 1.29 is 28.2 Å². The summed E-state index contributed by atoms with van der Waals surface area (Å²) in [5, 5.41) is 7.89. The van der Waals surface area contributed by atoms with Gasteiger partial charge in [0.2, 0.25) is 5.88 Å². The van der Waals surface area contributed by atoms with E-state index in [1.807, 2.05) is 10.0 Å². The number of hydrazine groups is 1. The Morgan fingerprint density at radius 1 is 1.07 bits per heavy atom. The number of ether oxygens (including phenoxy) is 2. The van der Waals surface area contributed by atoms with Crippen molar-refractivity contribution in [3.05, 3.63) is 77.5 Å². The first kappa shape index (κ1) is 27.1. The van der Waals surface area contributed by atoms with E-state index < -0.39 is 17.8 Å². The summed E-state index contributed by atoms with van der Waals surface area (Å²) in [4.78, 5) is 48.2. The maximum absolute atomic E-state index is 14.5. The zero-order valence-electron chi connectivity index (χ0n) is 23.1. The van der Waals surface area contributed by atoms with Gasteiger partial charge in [0, 0.05) is 43.9 Å². The Kier molecular flexibility index (Phi) is 7.15. The number of rotatable bonds is 9. The van der Waals surface area contributed by atoms with E-state index in [9.17, 15) is 18.8 Å². The molecule has 1 atom stereocenters. The Morgan fingerprint density at radius 2 is 1.81 bits per heavy atom. The van der Waals surface area contributed by atoms with Gasteiger partial charge in [-0.3, -0.25) is 24.5 Å². The molecule has 12 nitrogen and oxygen atoms in total. The zero-order chi connectivity index (χ0) is 29.4. The summed E-state index contributed by atoms with van der Waals surface area (Å²) in [5.41, 5.74) is 1.77. The molecule has 216 valence electrons. The highest BCUT2D eigenvalue weighted by molar-refractivity contribution is 6.21. The lowest BCUT2D eigenvalue weighted by Crippen LogP contribution is -2.39. The standard InChI is InChI=1S/C29H28FN7O5/c1-3-41-29(40)22-17-32-34-13-9-24(33-25(22)34)36-12-6-11-35(36)23-15-19(30)16-31-26(23)42-14-10-18(2)37-27(38)20-7-4-5-8-21(20)28(37)39/h4-5,7-9,13,15-18H,3,6,10-12,14H2,1-2H3/t18-/m1/s1. The quantitative estimate of drug-likeness (QED) is 0.217. The summed E-state index contributed by atoms with van der Waals surface area (Å²) in [7, 11) is 0. The number of amides is 2. The third-order valence-corrected chi connectivity index (χ3v) is 7.26. The van der Waals surface area contributed by atoms with E-state index in [2.05, 4.69) is 15.1 Å². The second-order valence-electron chi connectivity index (χ2n) is 9.92. The van der Waals surface area contributed by atoms with Crippen molar-refractivity contribution in [2.45, 2.75) is 32.7 Å². The minimum atomic E-state index is -0.535. The summed E-state index contributed by atoms with van der Waals surface area (Å²) in [5.74, 6) is -0.977. The predicted molar refractivity (Wildman–Crippen MR) is 149 cm³/mol. The van der Waals surface area contributed by atoms with Crippen LogP contribution in [0.15, 0.2) is 55.0 Å². The minimum absolute atomic E-state index is 0.136. The highest BCUT2D eigenvalue weighted by Gasteiger charge is 2.38. The normalized spacial score (nSPS) is 15.5. The molecule has 42 heavy (non-hydrogen) atoms. The van der Waals surface area contributed by atoms with Gasteiger partial charge in [0.05, 0.1) is 36.7 Å². The largest absolute Gasteiger partial charge is 0.476 e. The Labute approximate surface area is 240 Å². The SMILES string of the molecule is CCOC(=O)c1cnn2ccc(N3CCCN3c3cc(F)cnc3OCC[C@@H](C)N3C(=O)c4ccccc4C3=O)nc12. The fourth-order valence-corrected chi connectivity index (χ4v) is 5.23. The van der Waals surface area contributed by atoms with Crippen molar-refractivity contribution in [3.63, 3.8) is 0 Å². The van der Waals surface area contributed by atoms with Gasteiger partial charge in [0.15, 0.2) is 11.5 Å². The number of hydrogen-bond donors (Lipinski definition) is 0. The van der Waals surface area contributed by atoms with Crippen molar-refractivity contribution in [1.82, 2.24) is 24.5 Å². The number of carbonyl (C=O) groups is 3. The van der Waals surface area contributed by atoms with E-state index in [4.69, 9.17) is 9.47 Å². The van der Waals surface area contributed by atoms with Crippen molar-refractivity contribution in [2.75, 3.05) is 36.3 Å². The van der Waals surface area contributed by atoms with Crippen LogP contribution in [0.4, 0.5) is 15.9 Å². The Hall–Kier alpha value is -5.07. The van der Waals surface area contributed by atoms with E-state index in [-0.39, 0.29) is 36.5 Å². The van der Waals surface area contributed by atoms with Crippen molar-refractivity contribution in [3.8, 4) is 5.88 Å². The molecule has 1 aromatic carbocycles. The summed E-state index contributed by atoms with van der Waals surface area (Å²) in [6, 6.07) is 9.42. The number of imide groups is 1. The Balaban J connectivity index is 1.20. The van der Waals surface area contributed by atoms with Crippen LogP contribution >= 0.6 is 0 Å². The van der Waals surface area contributed by atoms with E-state index in [1.54, 1.807) is 50.4 Å². The zero-order valence-corrected chi connectivity index (χ0v) is 23.1. The highest BCUT2D eigenvalue weighted by Crippen LogP contribution is 2.33. The molecular formula is C29H28FN7O5. The van der Waals surface area contributed by atoms with Crippen LogP contribution < -0.4 is 14.8 Å². The molecule has 6 rings (SSSR count). The van der Waals surface area contributed by atoms with E-state index in [0.29, 0.717) is 47.8 Å². The highest BCUT2D eigenvalue weighted by atomic mass is 19.1. The summed E-state index contributed by atoms with van der Waals surface area (Å²) in [6.07, 6.45) is 5.29. The van der Waals surface area contributed by atoms with Crippen molar-refractivity contribution in [1.29, 1.82) is 0 Å². The molecule has 5 heterocycles. The van der Waals surface area contributed by atoms with Crippen LogP contribution in [-0.2, 0) is 4.74 Å². The number of halogens is 1. The number of hydrogen-bond acceptors (Lipinski definition) is 10. The van der Waals surface area contributed by atoms with Crippen LogP contribution in [0.2, 0.25) is 0 Å². The molecule has 2 aliphatic rings. The average molecular weight is 574 g/mol. The lowest BCUT2D eigenvalue weighted by molar-refractivity contribution is 0.0525. The van der Waals surface area contributed by atoms with E-state index >= 15 is 0 Å². The van der Waals surface area contributed by atoms with Gasteiger partial charge in [-0.25, -0.2) is 23.7 Å². The molecule has 2 amide bonds. The number of pyridine rings is 1. The number of aromatic nitrogens is 4. The number of anilines is 2. The van der Waals surface area contributed by atoms with Gasteiger partial charge in [-0.1, -0.05) is 12.1 Å². The maximum Gasteiger partial charge on any atom is 0.343 e. The molecule has 0 bridgehead atoms. The van der Waals surface area contributed by atoms with Crippen LogP contribution in [-0.4, -0.2) is 74.6 Å². The number of fused-ring (bicyclic) bond motifs is 2. The third kappa shape index (κ3) is 4.76. The number of nitrogens with zero attached hydrogens (tertiary/aromatic N) is 7. The van der Waals surface area contributed by atoms with Gasteiger partial charge in [-0.2, -0.15) is 5.10 Å². The van der Waals surface area contributed by atoms with Crippen LogP contribution in [0.5, 0.6) is 5.88 Å². The third-order valence-electron chi connectivity index (χ3n) is 7.26. The molecular weight excluding hydrogens is 545 g/mol. The fraction of sp³-hybridized carbons (Fsp3) is 0.310. The van der Waals surface area contributed by atoms with Crippen molar-refractivity contribution >= 4 is 34.9 Å². The summed E-state index contributed by atoms with van der Waals surface area (Å²) in [6.45, 7) is 5.00. The van der Waals surface area contributed by atoms with E-state index in [1.165, 1.54) is 21.7 Å². The summed E-state index contributed by atoms with van der Waals surface area (Å²) < 4.78 is 27.1. The van der Waals surface area contributed by atoms with Gasteiger partial charge in [0.1, 0.15) is 17.1 Å². The molecule has 0 unspecified atom stereocenters. The number of esters is 1. The van der Waals surface area contributed by atoms with Gasteiger partial charge in [-0.05, 0) is 32.4 Å². The fourth-order valence-electron chi connectivity index (χ4n) is 5.23. The molecule has 3 aromatic heterocycles. The molecule has 0 aliphatic carbocycles. The monoisotopic (exact) mass is 573 g/mol. The number of benzene rings is 1. The lowest BCUT2D eigenvalue weighted by atomic mass is 10.1. The molecule has 1 saturated heterocycles. The molecule has 2 aliphatic heterocycles. The lowest BCUT2D eigenvalue weighted by Gasteiger charge is -2.31. The number of carbonyl (C=O) groups excluding carboxylic acids is 3. The predicted octanol–water partition coefficient (Wildman–Crippen LogP) is 3.53. The topological polar surface area (TPSA) is 122 Å². The second kappa shape index (κ2) is 11.1. The Bertz CT molecular complexity index is 1660. The average Bonchev–Trinajstić information content (AvgIpc) is 3.70. The smallest absolute Gasteiger partial charge is 0.343 e. The Morgan fingerprint density at radius 3 is 2.55 bits per heavy atom. The van der Waals surface area contributed by atoms with Crippen LogP contribution in [0, 0.1) is 5.82 Å². The second-order valence-corrected chi connectivity index (χ2v) is 9.92. The molecule has 0 N–H and O–H groups in total. The molecule has 0 saturated carbocycles. The van der Waals surface area contributed by atoms with E-state index in [0.717, 1.165) is 12.6 Å². The van der Waals surface area contributed by atoms with Crippen LogP contribution in [0.1, 0.15) is 57.8 Å². The first-order chi connectivity index (χ1) is 20.4. The minimum Gasteiger partial charge on any atom is -0.476 e. The molecule has 13 heteroatoms. The van der Waals surface area contributed by atoms with Gasteiger partial charge in [-0.15, -0.1) is 0 Å². The van der Waals surface area contributed by atoms with Gasteiger partial charge >= 0.3 is 5.97 Å². The van der Waals surface area contributed by atoms with Crippen molar-refractivity contribution in [2.24, 2.45) is 0 Å². The molecule has 1 fully saturated rings. The van der Waals surface area contributed by atoms with Gasteiger partial charge in [0.25, 0.3) is 11.8 Å². The first-order valence-corrected chi connectivity index (χ1v) is 13.7. The van der Waals surface area contributed by atoms with Crippen LogP contribution in [0.25, 0.3) is 5.65 Å².